The topological polar surface area (TPSA) is 57.7 Å². The number of benzene rings is 2. The molecule has 0 bridgehead atoms. The van der Waals surface area contributed by atoms with Crippen molar-refractivity contribution in [1.29, 1.82) is 0 Å². The lowest BCUT2D eigenvalue weighted by Crippen LogP contribution is -2.52. The van der Waals surface area contributed by atoms with E-state index in [-0.39, 0.29) is 37.3 Å². The quantitative estimate of drug-likeness (QED) is 0.690. The molecular weight excluding hydrogens is 406 g/mol. The van der Waals surface area contributed by atoms with E-state index in [9.17, 15) is 22.0 Å². The predicted molar refractivity (Wildman–Crippen MR) is 103 cm³/mol. The standard InChI is InChI=1S/C19H20F2N2O3S2/c1-14(27-16-5-3-2-4-6-16)19(24)22-9-11-23(12-10-22)28(25,26)18-13-15(20)7-8-17(18)21/h2-8,13-14H,9-12H2,1H3/t14-/m0/s1. The summed E-state index contributed by atoms with van der Waals surface area (Å²) in [5.74, 6) is -1.89. The molecule has 1 amide bonds. The van der Waals surface area contributed by atoms with Gasteiger partial charge >= 0.3 is 0 Å². The zero-order chi connectivity index (χ0) is 20.3. The molecule has 28 heavy (non-hydrogen) atoms. The number of thioether (sulfide) groups is 1. The Kier molecular flexibility index (Phi) is 6.36. The number of amides is 1. The van der Waals surface area contributed by atoms with Gasteiger partial charge in [0.25, 0.3) is 0 Å². The first-order valence-electron chi connectivity index (χ1n) is 8.75. The van der Waals surface area contributed by atoms with E-state index < -0.39 is 26.6 Å². The zero-order valence-corrected chi connectivity index (χ0v) is 16.8. The molecule has 150 valence electrons. The molecule has 0 saturated carbocycles. The van der Waals surface area contributed by atoms with Crippen molar-refractivity contribution in [2.45, 2.75) is 22.0 Å². The lowest BCUT2D eigenvalue weighted by Gasteiger charge is -2.35. The second-order valence-electron chi connectivity index (χ2n) is 6.38. The first-order valence-corrected chi connectivity index (χ1v) is 11.1. The van der Waals surface area contributed by atoms with Crippen LogP contribution < -0.4 is 0 Å². The Morgan fingerprint density at radius 3 is 2.32 bits per heavy atom. The van der Waals surface area contributed by atoms with E-state index >= 15 is 0 Å². The molecule has 1 saturated heterocycles. The van der Waals surface area contributed by atoms with Crippen molar-refractivity contribution in [2.24, 2.45) is 0 Å². The number of carbonyl (C=O) groups is 1. The summed E-state index contributed by atoms with van der Waals surface area (Å²) in [5.41, 5.74) is 0. The molecule has 1 aliphatic heterocycles. The maximum Gasteiger partial charge on any atom is 0.246 e. The highest BCUT2D eigenvalue weighted by Crippen LogP contribution is 2.26. The monoisotopic (exact) mass is 426 g/mol. The molecule has 0 aliphatic carbocycles. The van der Waals surface area contributed by atoms with Crippen LogP contribution in [0.15, 0.2) is 58.3 Å². The van der Waals surface area contributed by atoms with Gasteiger partial charge in [0.05, 0.1) is 5.25 Å². The highest BCUT2D eigenvalue weighted by atomic mass is 32.2. The molecule has 1 aliphatic rings. The summed E-state index contributed by atoms with van der Waals surface area (Å²) in [6, 6.07) is 11.9. The van der Waals surface area contributed by atoms with E-state index in [1.54, 1.807) is 4.90 Å². The van der Waals surface area contributed by atoms with Gasteiger partial charge in [-0.25, -0.2) is 17.2 Å². The third-order valence-electron chi connectivity index (χ3n) is 4.47. The number of halogens is 2. The molecule has 0 spiro atoms. The molecule has 2 aromatic rings. The van der Waals surface area contributed by atoms with Gasteiger partial charge in [-0.3, -0.25) is 4.79 Å². The first kappa shape index (κ1) is 20.8. The van der Waals surface area contributed by atoms with E-state index in [0.717, 1.165) is 21.3 Å². The minimum absolute atomic E-state index is 0.0345. The number of sulfonamides is 1. The van der Waals surface area contributed by atoms with Gasteiger partial charge in [0.2, 0.25) is 15.9 Å². The van der Waals surface area contributed by atoms with Crippen LogP contribution in [0, 0.1) is 11.6 Å². The molecule has 1 heterocycles. The van der Waals surface area contributed by atoms with Crippen LogP contribution in [-0.2, 0) is 14.8 Å². The van der Waals surface area contributed by atoms with Crippen LogP contribution in [-0.4, -0.2) is 55.0 Å². The van der Waals surface area contributed by atoms with Gasteiger partial charge in [-0.2, -0.15) is 4.31 Å². The molecule has 5 nitrogen and oxygen atoms in total. The lowest BCUT2D eigenvalue weighted by atomic mass is 10.3. The summed E-state index contributed by atoms with van der Waals surface area (Å²) >= 11 is 1.44. The molecular formula is C19H20F2N2O3S2. The fourth-order valence-electron chi connectivity index (χ4n) is 2.97. The van der Waals surface area contributed by atoms with E-state index in [2.05, 4.69) is 0 Å². The number of nitrogens with zero attached hydrogens (tertiary/aromatic N) is 2. The smallest absolute Gasteiger partial charge is 0.246 e. The molecule has 1 fully saturated rings. The van der Waals surface area contributed by atoms with Crippen molar-refractivity contribution < 1.29 is 22.0 Å². The molecule has 2 aromatic carbocycles. The summed E-state index contributed by atoms with van der Waals surface area (Å²) < 4.78 is 53.6. The Morgan fingerprint density at radius 2 is 1.68 bits per heavy atom. The molecule has 3 rings (SSSR count). The first-order chi connectivity index (χ1) is 13.3. The predicted octanol–water partition coefficient (Wildman–Crippen LogP) is 2.98. The number of carbonyl (C=O) groups excluding carboxylic acids is 1. The average Bonchev–Trinajstić information content (AvgIpc) is 2.70. The Hall–Kier alpha value is -1.97. The third kappa shape index (κ3) is 4.53. The lowest BCUT2D eigenvalue weighted by molar-refractivity contribution is -0.131. The fourth-order valence-corrected chi connectivity index (χ4v) is 5.44. The highest BCUT2D eigenvalue weighted by Gasteiger charge is 2.33. The van der Waals surface area contributed by atoms with E-state index in [4.69, 9.17) is 0 Å². The fraction of sp³-hybridized carbons (Fsp3) is 0.316. The normalized spacial score (nSPS) is 16.8. The molecule has 0 radical (unpaired) electrons. The maximum atomic E-state index is 13.9. The molecule has 9 heteroatoms. The Morgan fingerprint density at radius 1 is 1.04 bits per heavy atom. The van der Waals surface area contributed by atoms with Crippen LogP contribution in [0.3, 0.4) is 0 Å². The second-order valence-corrected chi connectivity index (χ2v) is 9.70. The third-order valence-corrected chi connectivity index (χ3v) is 7.48. The number of hydrogen-bond donors (Lipinski definition) is 0. The van der Waals surface area contributed by atoms with Gasteiger partial charge in [0.15, 0.2) is 0 Å². The Balaban J connectivity index is 1.63. The minimum Gasteiger partial charge on any atom is -0.339 e. The van der Waals surface area contributed by atoms with Crippen molar-refractivity contribution in [3.63, 3.8) is 0 Å². The van der Waals surface area contributed by atoms with Crippen molar-refractivity contribution in [2.75, 3.05) is 26.2 Å². The van der Waals surface area contributed by atoms with Gasteiger partial charge in [0.1, 0.15) is 16.5 Å². The number of rotatable bonds is 5. The van der Waals surface area contributed by atoms with Crippen molar-refractivity contribution >= 4 is 27.7 Å². The van der Waals surface area contributed by atoms with Crippen LogP contribution in [0.4, 0.5) is 8.78 Å². The molecule has 0 unspecified atom stereocenters. The maximum absolute atomic E-state index is 13.9. The second kappa shape index (κ2) is 8.59. The Labute approximate surface area is 167 Å². The van der Waals surface area contributed by atoms with Crippen molar-refractivity contribution in [1.82, 2.24) is 9.21 Å². The number of piperazine rings is 1. The SMILES string of the molecule is C[C@H](Sc1ccccc1)C(=O)N1CCN(S(=O)(=O)c2cc(F)ccc2F)CC1. The van der Waals surface area contributed by atoms with E-state index in [0.29, 0.717) is 6.07 Å². The minimum atomic E-state index is -4.16. The van der Waals surface area contributed by atoms with Crippen LogP contribution in [0.1, 0.15) is 6.92 Å². The highest BCUT2D eigenvalue weighted by molar-refractivity contribution is 8.00. The van der Waals surface area contributed by atoms with Crippen molar-refractivity contribution in [3.8, 4) is 0 Å². The van der Waals surface area contributed by atoms with Crippen LogP contribution in [0.5, 0.6) is 0 Å². The summed E-state index contributed by atoms with van der Waals surface area (Å²) in [4.78, 5) is 14.6. The molecule has 1 atom stereocenters. The van der Waals surface area contributed by atoms with Crippen LogP contribution >= 0.6 is 11.8 Å². The average molecular weight is 427 g/mol. The summed E-state index contributed by atoms with van der Waals surface area (Å²) in [6.45, 7) is 2.29. The largest absolute Gasteiger partial charge is 0.339 e. The van der Waals surface area contributed by atoms with Gasteiger partial charge in [-0.05, 0) is 37.3 Å². The van der Waals surface area contributed by atoms with Crippen molar-refractivity contribution in [3.05, 3.63) is 60.2 Å². The van der Waals surface area contributed by atoms with E-state index in [1.807, 2.05) is 37.3 Å². The Bertz CT molecular complexity index is 947. The van der Waals surface area contributed by atoms with E-state index in [1.165, 1.54) is 11.8 Å². The molecule has 0 N–H and O–H groups in total. The van der Waals surface area contributed by atoms with Gasteiger partial charge in [-0.15, -0.1) is 11.8 Å². The van der Waals surface area contributed by atoms with Crippen LogP contribution in [0.2, 0.25) is 0 Å². The summed E-state index contributed by atoms with van der Waals surface area (Å²) in [6.07, 6.45) is 0. The summed E-state index contributed by atoms with van der Waals surface area (Å²) in [7, 11) is -4.16. The van der Waals surface area contributed by atoms with Gasteiger partial charge < -0.3 is 4.90 Å². The zero-order valence-electron chi connectivity index (χ0n) is 15.2. The van der Waals surface area contributed by atoms with Gasteiger partial charge in [-0.1, -0.05) is 18.2 Å². The van der Waals surface area contributed by atoms with Crippen LogP contribution in [0.25, 0.3) is 0 Å². The molecule has 0 aromatic heterocycles. The summed E-state index contributed by atoms with van der Waals surface area (Å²) in [5, 5.41) is -0.314. The number of hydrogen-bond acceptors (Lipinski definition) is 4. The van der Waals surface area contributed by atoms with Gasteiger partial charge in [0, 0.05) is 31.1 Å².